The molecular weight excluding hydrogens is 302 g/mol. The zero-order chi connectivity index (χ0) is 16.9. The maximum absolute atomic E-state index is 11.7. The Kier molecular flexibility index (Phi) is 5.69. The molecule has 0 radical (unpaired) electrons. The Hall–Kier alpha value is -1.65. The summed E-state index contributed by atoms with van der Waals surface area (Å²) >= 11 is 0. The zero-order valence-corrected chi connectivity index (χ0v) is 14.7. The molecule has 0 spiro atoms. The lowest BCUT2D eigenvalue weighted by Crippen LogP contribution is -2.17. The Balaban J connectivity index is 1.88. The third-order valence-corrected chi connectivity index (χ3v) is 5.05. The molecule has 0 saturated carbocycles. The summed E-state index contributed by atoms with van der Waals surface area (Å²) in [5.74, 6) is 0.487. The number of hydrogen-bond donors (Lipinski definition) is 1. The van der Waals surface area contributed by atoms with E-state index < -0.39 is 0 Å². The van der Waals surface area contributed by atoms with Crippen molar-refractivity contribution in [3.63, 3.8) is 0 Å². The van der Waals surface area contributed by atoms with Crippen LogP contribution in [-0.4, -0.2) is 33.3 Å². The van der Waals surface area contributed by atoms with Gasteiger partial charge in [-0.2, -0.15) is 0 Å². The molecule has 1 atom stereocenters. The zero-order valence-electron chi connectivity index (χ0n) is 14.7. The second-order valence-corrected chi connectivity index (χ2v) is 6.72. The molecule has 1 aromatic rings. The van der Waals surface area contributed by atoms with E-state index in [-0.39, 0.29) is 5.91 Å². The number of allylic oxidation sites excluding steroid dienone is 1. The first-order valence-electron chi connectivity index (χ1n) is 8.86. The van der Waals surface area contributed by atoms with Gasteiger partial charge in [-0.05, 0) is 60.4 Å². The molecule has 4 nitrogen and oxygen atoms in total. The Bertz CT molecular complexity index is 636. The number of aryl methyl sites for hydroxylation is 1. The largest absolute Gasteiger partial charge is 0.385 e. The summed E-state index contributed by atoms with van der Waals surface area (Å²) in [6.45, 7) is 1.57. The molecule has 1 saturated heterocycles. The van der Waals surface area contributed by atoms with Gasteiger partial charge in [0, 0.05) is 45.5 Å². The van der Waals surface area contributed by atoms with Crippen LogP contribution in [0, 0.1) is 5.92 Å². The van der Waals surface area contributed by atoms with Gasteiger partial charge in [0.2, 0.25) is 5.91 Å². The molecule has 1 heterocycles. The molecule has 1 aliphatic heterocycles. The summed E-state index contributed by atoms with van der Waals surface area (Å²) in [6.07, 6.45) is 7.92. The first-order valence-corrected chi connectivity index (χ1v) is 8.86. The lowest BCUT2D eigenvalue weighted by Gasteiger charge is -2.24. The van der Waals surface area contributed by atoms with Crippen LogP contribution in [-0.2, 0) is 33.5 Å². The number of benzene rings is 1. The third-order valence-electron chi connectivity index (χ3n) is 5.05. The first kappa shape index (κ1) is 17.2. The van der Waals surface area contributed by atoms with E-state index in [1.807, 2.05) is 0 Å². The number of nitrogens with one attached hydrogen (secondary N) is 1. The Morgan fingerprint density at radius 1 is 1.08 bits per heavy atom. The molecule has 4 heteroatoms. The van der Waals surface area contributed by atoms with E-state index in [1.54, 1.807) is 14.2 Å². The summed E-state index contributed by atoms with van der Waals surface area (Å²) in [7, 11) is 3.51. The van der Waals surface area contributed by atoms with E-state index in [2.05, 4.69) is 23.5 Å². The lowest BCUT2D eigenvalue weighted by molar-refractivity contribution is -0.119. The normalized spacial score (nSPS) is 18.8. The van der Waals surface area contributed by atoms with Gasteiger partial charge in [0.15, 0.2) is 0 Å². The fourth-order valence-electron chi connectivity index (χ4n) is 3.88. The van der Waals surface area contributed by atoms with Crippen molar-refractivity contribution in [1.82, 2.24) is 5.32 Å². The van der Waals surface area contributed by atoms with Crippen molar-refractivity contribution in [2.24, 2.45) is 5.92 Å². The minimum Gasteiger partial charge on any atom is -0.385 e. The third kappa shape index (κ3) is 3.70. The van der Waals surface area contributed by atoms with Crippen LogP contribution in [0.1, 0.15) is 41.5 Å². The Morgan fingerprint density at radius 2 is 1.83 bits per heavy atom. The summed E-state index contributed by atoms with van der Waals surface area (Å²) < 4.78 is 10.5. The van der Waals surface area contributed by atoms with Crippen LogP contribution in [0.15, 0.2) is 17.8 Å². The standard InChI is InChI=1S/C20H27NO3/c1-23-9-3-5-14-7-8-15-12-19-16(13-20(22)21-19)11-18(15)17(14)6-4-10-24-2/h7-8,12,16H,3-6,9-11,13H2,1-2H3,(H,21,22). The molecule has 3 rings (SSSR count). The fourth-order valence-corrected chi connectivity index (χ4v) is 3.88. The van der Waals surface area contributed by atoms with Gasteiger partial charge in [0.1, 0.15) is 0 Å². The van der Waals surface area contributed by atoms with Crippen LogP contribution in [0.3, 0.4) is 0 Å². The van der Waals surface area contributed by atoms with Crippen molar-refractivity contribution < 1.29 is 14.3 Å². The molecule has 1 aromatic carbocycles. The van der Waals surface area contributed by atoms with E-state index in [0.717, 1.165) is 51.0 Å². The van der Waals surface area contributed by atoms with Crippen molar-refractivity contribution in [3.8, 4) is 0 Å². The van der Waals surface area contributed by atoms with Gasteiger partial charge in [-0.3, -0.25) is 4.79 Å². The summed E-state index contributed by atoms with van der Waals surface area (Å²) in [5.41, 5.74) is 6.70. The van der Waals surface area contributed by atoms with Crippen LogP contribution in [0.5, 0.6) is 0 Å². The predicted molar refractivity (Wildman–Crippen MR) is 94.8 cm³/mol. The predicted octanol–water partition coefficient (Wildman–Crippen LogP) is 2.88. The van der Waals surface area contributed by atoms with Crippen molar-refractivity contribution >= 4 is 12.0 Å². The molecular formula is C20H27NO3. The SMILES string of the molecule is COCCCc1ccc2c(c1CCCOC)CC1CC(=O)NC1=C2. The molecule has 1 amide bonds. The van der Waals surface area contributed by atoms with Gasteiger partial charge >= 0.3 is 0 Å². The second kappa shape index (κ2) is 7.95. The van der Waals surface area contributed by atoms with Gasteiger partial charge in [-0.15, -0.1) is 0 Å². The van der Waals surface area contributed by atoms with Crippen LogP contribution in [0.4, 0.5) is 0 Å². The van der Waals surface area contributed by atoms with Gasteiger partial charge in [0.25, 0.3) is 0 Å². The molecule has 130 valence electrons. The van der Waals surface area contributed by atoms with E-state index >= 15 is 0 Å². The Morgan fingerprint density at radius 3 is 2.58 bits per heavy atom. The van der Waals surface area contributed by atoms with Crippen molar-refractivity contribution in [2.75, 3.05) is 27.4 Å². The highest BCUT2D eigenvalue weighted by Crippen LogP contribution is 2.36. The average molecular weight is 329 g/mol. The number of carbonyl (C=O) groups excluding carboxylic acids is 1. The van der Waals surface area contributed by atoms with Crippen molar-refractivity contribution in [1.29, 1.82) is 0 Å². The minimum atomic E-state index is 0.153. The molecule has 1 unspecified atom stereocenters. The second-order valence-electron chi connectivity index (χ2n) is 6.72. The number of carbonyl (C=O) groups is 1. The smallest absolute Gasteiger partial charge is 0.224 e. The van der Waals surface area contributed by atoms with Crippen molar-refractivity contribution in [3.05, 3.63) is 40.1 Å². The number of ether oxygens (including phenoxy) is 2. The fraction of sp³-hybridized carbons (Fsp3) is 0.550. The lowest BCUT2D eigenvalue weighted by atomic mass is 9.81. The number of hydrogen-bond acceptors (Lipinski definition) is 3. The topological polar surface area (TPSA) is 47.6 Å². The van der Waals surface area contributed by atoms with Crippen LogP contribution >= 0.6 is 0 Å². The number of rotatable bonds is 8. The molecule has 0 bridgehead atoms. The van der Waals surface area contributed by atoms with E-state index in [9.17, 15) is 4.79 Å². The molecule has 1 aliphatic carbocycles. The number of methoxy groups -OCH3 is 2. The Labute approximate surface area is 144 Å². The highest BCUT2D eigenvalue weighted by Gasteiger charge is 2.31. The average Bonchev–Trinajstić information content (AvgIpc) is 2.93. The van der Waals surface area contributed by atoms with Crippen LogP contribution in [0.2, 0.25) is 0 Å². The van der Waals surface area contributed by atoms with Gasteiger partial charge in [-0.25, -0.2) is 0 Å². The molecule has 2 aliphatic rings. The van der Waals surface area contributed by atoms with Crippen molar-refractivity contribution in [2.45, 2.75) is 38.5 Å². The summed E-state index contributed by atoms with van der Waals surface area (Å²) in [6, 6.07) is 4.47. The molecule has 1 N–H and O–H groups in total. The van der Waals surface area contributed by atoms with Crippen LogP contribution < -0.4 is 5.32 Å². The summed E-state index contributed by atoms with van der Waals surface area (Å²) in [4.78, 5) is 11.7. The summed E-state index contributed by atoms with van der Waals surface area (Å²) in [5, 5.41) is 3.01. The van der Waals surface area contributed by atoms with Gasteiger partial charge in [-0.1, -0.05) is 12.1 Å². The van der Waals surface area contributed by atoms with Crippen LogP contribution in [0.25, 0.3) is 6.08 Å². The van der Waals surface area contributed by atoms with E-state index in [0.29, 0.717) is 12.3 Å². The van der Waals surface area contributed by atoms with Gasteiger partial charge < -0.3 is 14.8 Å². The molecule has 1 fully saturated rings. The van der Waals surface area contributed by atoms with Gasteiger partial charge in [0.05, 0.1) is 0 Å². The maximum Gasteiger partial charge on any atom is 0.224 e. The van der Waals surface area contributed by atoms with E-state index in [1.165, 1.54) is 22.3 Å². The molecule has 24 heavy (non-hydrogen) atoms. The number of fused-ring (bicyclic) bond motifs is 2. The first-order chi connectivity index (χ1) is 11.7. The quantitative estimate of drug-likeness (QED) is 0.746. The minimum absolute atomic E-state index is 0.153. The maximum atomic E-state index is 11.7. The van der Waals surface area contributed by atoms with E-state index in [4.69, 9.17) is 9.47 Å². The number of amides is 1. The highest BCUT2D eigenvalue weighted by atomic mass is 16.5. The monoisotopic (exact) mass is 329 g/mol. The highest BCUT2D eigenvalue weighted by molar-refractivity contribution is 5.85. The molecule has 0 aromatic heterocycles.